The van der Waals surface area contributed by atoms with E-state index in [0.717, 1.165) is 12.0 Å². The number of benzene rings is 1. The van der Waals surface area contributed by atoms with Gasteiger partial charge in [-0.05, 0) is 17.2 Å². The Morgan fingerprint density at radius 3 is 2.82 bits per heavy atom. The van der Waals surface area contributed by atoms with Gasteiger partial charge in [0.05, 0.1) is 13.5 Å². The first kappa shape index (κ1) is 13.0. The van der Waals surface area contributed by atoms with E-state index >= 15 is 0 Å². The molecule has 0 heterocycles. The quantitative estimate of drug-likeness (QED) is 0.461. The zero-order chi connectivity index (χ0) is 12.8. The number of methoxy groups -OCH3 is 1. The largest absolute Gasteiger partial charge is 0.469 e. The van der Waals surface area contributed by atoms with Gasteiger partial charge in [-0.25, -0.2) is 0 Å². The lowest BCUT2D eigenvalue weighted by Crippen LogP contribution is -2.15. The number of carbonyl (C=O) groups excluding carboxylic acids is 2. The van der Waals surface area contributed by atoms with Crippen LogP contribution < -0.4 is 5.73 Å². The average molecular weight is 236 g/mol. The molecule has 0 radical (unpaired) electrons. The van der Waals surface area contributed by atoms with Crippen LogP contribution in [0.15, 0.2) is 18.2 Å². The molecular formula is C12H16N2O3. The van der Waals surface area contributed by atoms with E-state index in [1.54, 1.807) is 13.1 Å². The molecule has 1 aromatic rings. The average Bonchev–Trinajstić information content (AvgIpc) is 2.33. The fourth-order valence-corrected chi connectivity index (χ4v) is 1.46. The highest BCUT2D eigenvalue weighted by Crippen LogP contribution is 2.16. The van der Waals surface area contributed by atoms with Crippen LogP contribution in [0.2, 0.25) is 0 Å². The van der Waals surface area contributed by atoms with Crippen molar-refractivity contribution >= 4 is 18.1 Å². The molecule has 0 bridgehead atoms. The van der Waals surface area contributed by atoms with E-state index in [-0.39, 0.29) is 12.4 Å². The molecule has 1 aromatic carbocycles. The Balaban J connectivity index is 2.86. The van der Waals surface area contributed by atoms with Gasteiger partial charge in [-0.2, -0.15) is 0 Å². The maximum atomic E-state index is 11.2. The number of anilines is 1. The SMILES string of the molecule is COC(=O)Cc1cc(CN(C)C=O)ccc1N. The van der Waals surface area contributed by atoms with E-state index in [4.69, 9.17) is 5.73 Å². The molecule has 1 amide bonds. The summed E-state index contributed by atoms with van der Waals surface area (Å²) in [6, 6.07) is 5.37. The number of amides is 1. The van der Waals surface area contributed by atoms with Crippen LogP contribution in [0, 0.1) is 0 Å². The van der Waals surface area contributed by atoms with Gasteiger partial charge in [0.1, 0.15) is 0 Å². The van der Waals surface area contributed by atoms with Crippen molar-refractivity contribution < 1.29 is 14.3 Å². The zero-order valence-corrected chi connectivity index (χ0v) is 9.97. The van der Waals surface area contributed by atoms with Gasteiger partial charge >= 0.3 is 5.97 Å². The van der Waals surface area contributed by atoms with Gasteiger partial charge in [-0.1, -0.05) is 12.1 Å². The molecule has 0 aliphatic rings. The standard InChI is InChI=1S/C12H16N2O3/c1-14(8-15)7-9-3-4-11(13)10(5-9)6-12(16)17-2/h3-5,8H,6-7,13H2,1-2H3. The summed E-state index contributed by atoms with van der Waals surface area (Å²) in [5.74, 6) is -0.336. The molecule has 17 heavy (non-hydrogen) atoms. The molecule has 0 aliphatic heterocycles. The second kappa shape index (κ2) is 5.89. The predicted molar refractivity (Wildman–Crippen MR) is 64.1 cm³/mol. The summed E-state index contributed by atoms with van der Waals surface area (Å²) >= 11 is 0. The van der Waals surface area contributed by atoms with Gasteiger partial charge in [-0.3, -0.25) is 9.59 Å². The van der Waals surface area contributed by atoms with Crippen LogP contribution in [0.3, 0.4) is 0 Å². The van der Waals surface area contributed by atoms with Crippen LogP contribution in [-0.4, -0.2) is 31.4 Å². The van der Waals surface area contributed by atoms with Gasteiger partial charge in [0.2, 0.25) is 6.41 Å². The van der Waals surface area contributed by atoms with Crippen LogP contribution in [0.25, 0.3) is 0 Å². The van der Waals surface area contributed by atoms with Crippen molar-refractivity contribution in [2.24, 2.45) is 0 Å². The number of esters is 1. The first-order valence-corrected chi connectivity index (χ1v) is 5.16. The zero-order valence-electron chi connectivity index (χ0n) is 9.97. The van der Waals surface area contributed by atoms with Crippen molar-refractivity contribution in [3.63, 3.8) is 0 Å². The van der Waals surface area contributed by atoms with Crippen LogP contribution >= 0.6 is 0 Å². The Morgan fingerprint density at radius 2 is 2.24 bits per heavy atom. The maximum Gasteiger partial charge on any atom is 0.310 e. The van der Waals surface area contributed by atoms with E-state index in [9.17, 15) is 9.59 Å². The summed E-state index contributed by atoms with van der Waals surface area (Å²) in [7, 11) is 3.02. The second-order valence-electron chi connectivity index (χ2n) is 3.81. The Labute approximate surface area is 100 Å². The molecule has 0 aliphatic carbocycles. The van der Waals surface area contributed by atoms with Crippen molar-refractivity contribution in [2.45, 2.75) is 13.0 Å². The Kier molecular flexibility index (Phi) is 4.51. The number of carbonyl (C=O) groups is 2. The van der Waals surface area contributed by atoms with Gasteiger partial charge in [0.15, 0.2) is 0 Å². The van der Waals surface area contributed by atoms with E-state index in [1.165, 1.54) is 12.0 Å². The Hall–Kier alpha value is -2.04. The second-order valence-corrected chi connectivity index (χ2v) is 3.81. The van der Waals surface area contributed by atoms with E-state index in [0.29, 0.717) is 17.8 Å². The van der Waals surface area contributed by atoms with Crippen molar-refractivity contribution in [2.75, 3.05) is 19.9 Å². The molecule has 0 fully saturated rings. The topological polar surface area (TPSA) is 72.6 Å². The van der Waals surface area contributed by atoms with Gasteiger partial charge < -0.3 is 15.4 Å². The lowest BCUT2D eigenvalue weighted by molar-refractivity contribution is -0.139. The number of rotatable bonds is 5. The molecule has 5 heteroatoms. The molecule has 0 saturated carbocycles. The minimum Gasteiger partial charge on any atom is -0.469 e. The van der Waals surface area contributed by atoms with Crippen molar-refractivity contribution in [3.8, 4) is 0 Å². The van der Waals surface area contributed by atoms with Crippen LogP contribution in [0.1, 0.15) is 11.1 Å². The molecular weight excluding hydrogens is 220 g/mol. The molecule has 5 nitrogen and oxygen atoms in total. The highest BCUT2D eigenvalue weighted by Gasteiger charge is 2.08. The fourth-order valence-electron chi connectivity index (χ4n) is 1.46. The third-order valence-corrected chi connectivity index (χ3v) is 2.38. The highest BCUT2D eigenvalue weighted by atomic mass is 16.5. The summed E-state index contributed by atoms with van der Waals surface area (Å²) in [6.07, 6.45) is 0.886. The predicted octanol–water partition coefficient (Wildman–Crippen LogP) is 0.572. The monoisotopic (exact) mass is 236 g/mol. The van der Waals surface area contributed by atoms with Crippen molar-refractivity contribution in [3.05, 3.63) is 29.3 Å². The van der Waals surface area contributed by atoms with E-state index < -0.39 is 0 Å². The van der Waals surface area contributed by atoms with Crippen molar-refractivity contribution in [1.29, 1.82) is 0 Å². The fraction of sp³-hybridized carbons (Fsp3) is 0.333. The van der Waals surface area contributed by atoms with Gasteiger partial charge in [0.25, 0.3) is 0 Å². The summed E-state index contributed by atoms with van der Waals surface area (Å²) in [4.78, 5) is 23.2. The summed E-state index contributed by atoms with van der Waals surface area (Å²) in [5.41, 5.74) is 7.95. The molecule has 0 saturated heterocycles. The van der Waals surface area contributed by atoms with Crippen LogP contribution in [0.5, 0.6) is 0 Å². The normalized spacial score (nSPS) is 9.76. The molecule has 2 N–H and O–H groups in total. The first-order chi connectivity index (χ1) is 8.06. The molecule has 92 valence electrons. The summed E-state index contributed by atoms with van der Waals surface area (Å²) < 4.78 is 4.59. The Morgan fingerprint density at radius 1 is 1.53 bits per heavy atom. The smallest absolute Gasteiger partial charge is 0.310 e. The number of nitrogen functional groups attached to an aromatic ring is 1. The lowest BCUT2D eigenvalue weighted by Gasteiger charge is -2.12. The minimum atomic E-state index is -0.336. The number of ether oxygens (including phenoxy) is 1. The number of hydrogen-bond acceptors (Lipinski definition) is 4. The molecule has 0 spiro atoms. The van der Waals surface area contributed by atoms with Gasteiger partial charge in [-0.15, -0.1) is 0 Å². The maximum absolute atomic E-state index is 11.2. The summed E-state index contributed by atoms with van der Waals surface area (Å²) in [5, 5.41) is 0. The number of nitrogens with zero attached hydrogens (tertiary/aromatic N) is 1. The third kappa shape index (κ3) is 3.79. The Bertz CT molecular complexity index is 418. The van der Waals surface area contributed by atoms with E-state index in [2.05, 4.69) is 4.74 Å². The molecule has 0 unspecified atom stereocenters. The third-order valence-electron chi connectivity index (χ3n) is 2.38. The van der Waals surface area contributed by atoms with Gasteiger partial charge in [0, 0.05) is 19.3 Å². The molecule has 0 aromatic heterocycles. The van der Waals surface area contributed by atoms with Crippen molar-refractivity contribution in [1.82, 2.24) is 4.90 Å². The first-order valence-electron chi connectivity index (χ1n) is 5.16. The number of hydrogen-bond donors (Lipinski definition) is 1. The highest BCUT2D eigenvalue weighted by molar-refractivity contribution is 5.74. The van der Waals surface area contributed by atoms with E-state index in [1.807, 2.05) is 12.1 Å². The lowest BCUT2D eigenvalue weighted by atomic mass is 10.1. The molecule has 0 atom stereocenters. The minimum absolute atomic E-state index is 0.140. The number of nitrogens with two attached hydrogens (primary N) is 1. The molecule has 1 rings (SSSR count). The van der Waals surface area contributed by atoms with Crippen LogP contribution in [0.4, 0.5) is 5.69 Å². The summed E-state index contributed by atoms with van der Waals surface area (Å²) in [6.45, 7) is 0.484. The van der Waals surface area contributed by atoms with Crippen LogP contribution in [-0.2, 0) is 27.3 Å².